The monoisotopic (exact) mass is 452 g/mol. The van der Waals surface area contributed by atoms with Gasteiger partial charge in [0, 0.05) is 30.3 Å². The maximum Gasteiger partial charge on any atom is 0.284 e. The number of nitrogens with zero attached hydrogens (tertiary/aromatic N) is 4. The van der Waals surface area contributed by atoms with Gasteiger partial charge >= 0.3 is 0 Å². The number of benzene rings is 2. The Kier molecular flexibility index (Phi) is 5.05. The number of fused-ring (bicyclic) bond motifs is 3. The van der Waals surface area contributed by atoms with Crippen LogP contribution in [0.5, 0.6) is 0 Å². The number of thiocarbonyl (C=S) groups is 1. The van der Waals surface area contributed by atoms with Crippen molar-refractivity contribution in [1.82, 2.24) is 9.80 Å². The number of hydrogen-bond acceptors (Lipinski definition) is 7. The maximum absolute atomic E-state index is 13.3. The van der Waals surface area contributed by atoms with E-state index in [4.69, 9.17) is 12.2 Å². The molecule has 2 aliphatic rings. The van der Waals surface area contributed by atoms with Gasteiger partial charge in [-0.05, 0) is 37.2 Å². The minimum atomic E-state index is -0.741. The van der Waals surface area contributed by atoms with Gasteiger partial charge in [-0.15, -0.1) is 0 Å². The predicted octanol–water partition coefficient (Wildman–Crippen LogP) is 3.28. The second kappa shape index (κ2) is 7.61. The average Bonchev–Trinajstić information content (AvgIpc) is 3.08. The van der Waals surface area contributed by atoms with E-state index >= 15 is 0 Å². The molecule has 1 aliphatic carbocycles. The van der Waals surface area contributed by atoms with Crippen molar-refractivity contribution in [2.75, 3.05) is 13.1 Å². The lowest BCUT2D eigenvalue weighted by molar-refractivity contribution is -0.393. The quantitative estimate of drug-likeness (QED) is 0.195. The van der Waals surface area contributed by atoms with Gasteiger partial charge in [0.05, 0.1) is 21.5 Å². The summed E-state index contributed by atoms with van der Waals surface area (Å²) in [5.41, 5.74) is 0.0204. The van der Waals surface area contributed by atoms with Crippen molar-refractivity contribution in [2.24, 2.45) is 0 Å². The van der Waals surface area contributed by atoms with Crippen molar-refractivity contribution >= 4 is 46.1 Å². The zero-order valence-corrected chi connectivity index (χ0v) is 17.8. The lowest BCUT2D eigenvalue weighted by Gasteiger charge is -2.36. The van der Waals surface area contributed by atoms with Crippen molar-refractivity contribution in [3.63, 3.8) is 0 Å². The van der Waals surface area contributed by atoms with Crippen molar-refractivity contribution in [2.45, 2.75) is 13.8 Å². The lowest BCUT2D eigenvalue weighted by Crippen LogP contribution is -2.56. The zero-order chi connectivity index (χ0) is 23.3. The minimum Gasteiger partial charge on any atom is -0.285 e. The molecule has 11 heteroatoms. The molecule has 2 aromatic carbocycles. The van der Waals surface area contributed by atoms with Crippen LogP contribution in [0.15, 0.2) is 42.0 Å². The van der Waals surface area contributed by atoms with E-state index in [0.29, 0.717) is 11.1 Å². The van der Waals surface area contributed by atoms with Crippen molar-refractivity contribution < 1.29 is 19.4 Å². The third-order valence-corrected chi connectivity index (χ3v) is 5.95. The van der Waals surface area contributed by atoms with Gasteiger partial charge in [-0.1, -0.05) is 24.3 Å². The van der Waals surface area contributed by atoms with Crippen LogP contribution >= 0.6 is 12.2 Å². The molecular formula is C21H16N4O6S. The Morgan fingerprint density at radius 1 is 0.844 bits per heavy atom. The highest BCUT2D eigenvalue weighted by atomic mass is 32.1. The minimum absolute atomic E-state index is 0.0749. The van der Waals surface area contributed by atoms with Crippen molar-refractivity contribution in [3.05, 3.63) is 73.3 Å². The standard InChI is InChI=1S/C21H16N4O6S/c1-3-22-19(26)18(20(27)23(4-2)21(22)32)17-13-8-6-5-7-12(13)16-14(17)9-11(24(28)29)10-15(16)25(30)31/h5-10H,3-4H2,1-2H3. The van der Waals surface area contributed by atoms with Gasteiger partial charge < -0.3 is 0 Å². The second-order valence-electron chi connectivity index (χ2n) is 7.08. The highest BCUT2D eigenvalue weighted by Crippen LogP contribution is 2.51. The fraction of sp³-hybridized carbons (Fsp3) is 0.190. The Morgan fingerprint density at radius 2 is 1.41 bits per heavy atom. The number of likely N-dealkylation sites (N-methyl/N-ethyl adjacent to an activating group) is 2. The first-order valence-corrected chi connectivity index (χ1v) is 10.1. The van der Waals surface area contributed by atoms with E-state index in [1.165, 1.54) is 15.9 Å². The van der Waals surface area contributed by atoms with E-state index in [1.807, 2.05) is 0 Å². The predicted molar refractivity (Wildman–Crippen MR) is 119 cm³/mol. The fourth-order valence-corrected chi connectivity index (χ4v) is 4.55. The molecule has 1 heterocycles. The van der Waals surface area contributed by atoms with E-state index in [2.05, 4.69) is 0 Å². The van der Waals surface area contributed by atoms with Gasteiger partial charge in [0.2, 0.25) is 0 Å². The molecule has 0 aromatic heterocycles. The number of nitro benzene ring substituents is 2. The van der Waals surface area contributed by atoms with E-state index in [-0.39, 0.29) is 40.5 Å². The molecule has 1 aliphatic heterocycles. The van der Waals surface area contributed by atoms with E-state index in [1.54, 1.807) is 38.1 Å². The molecule has 10 nitrogen and oxygen atoms in total. The molecule has 162 valence electrons. The van der Waals surface area contributed by atoms with E-state index in [9.17, 15) is 29.8 Å². The van der Waals surface area contributed by atoms with Crippen LogP contribution in [0.2, 0.25) is 0 Å². The molecule has 0 radical (unpaired) electrons. The molecular weight excluding hydrogens is 436 g/mol. The van der Waals surface area contributed by atoms with Crippen LogP contribution in [0, 0.1) is 20.2 Å². The summed E-state index contributed by atoms with van der Waals surface area (Å²) in [6, 6.07) is 8.65. The molecule has 1 saturated heterocycles. The number of carbonyl (C=O) groups excluding carboxylic acids is 2. The lowest BCUT2D eigenvalue weighted by atomic mass is 9.94. The summed E-state index contributed by atoms with van der Waals surface area (Å²) in [7, 11) is 0. The largest absolute Gasteiger partial charge is 0.285 e. The normalized spacial score (nSPS) is 15.2. The van der Waals surface area contributed by atoms with Crippen LogP contribution in [0.25, 0.3) is 16.7 Å². The molecule has 32 heavy (non-hydrogen) atoms. The van der Waals surface area contributed by atoms with Crippen LogP contribution in [0.3, 0.4) is 0 Å². The summed E-state index contributed by atoms with van der Waals surface area (Å²) in [6.45, 7) is 3.84. The molecule has 1 fully saturated rings. The summed E-state index contributed by atoms with van der Waals surface area (Å²) in [5, 5.41) is 23.4. The number of carbonyl (C=O) groups is 2. The first-order chi connectivity index (χ1) is 15.2. The van der Waals surface area contributed by atoms with Gasteiger partial charge in [-0.2, -0.15) is 0 Å². The maximum atomic E-state index is 13.3. The Labute approximate surface area is 187 Å². The molecule has 0 saturated carbocycles. The highest BCUT2D eigenvalue weighted by molar-refractivity contribution is 7.80. The molecule has 0 atom stereocenters. The number of rotatable bonds is 4. The fourth-order valence-electron chi connectivity index (χ4n) is 4.13. The second-order valence-corrected chi connectivity index (χ2v) is 7.44. The first-order valence-electron chi connectivity index (χ1n) is 9.71. The van der Waals surface area contributed by atoms with Crippen LogP contribution < -0.4 is 0 Å². The molecule has 0 N–H and O–H groups in total. The number of non-ortho nitro benzene ring substituents is 1. The van der Waals surface area contributed by atoms with Crippen LogP contribution in [-0.2, 0) is 9.59 Å². The average molecular weight is 452 g/mol. The summed E-state index contributed by atoms with van der Waals surface area (Å²) >= 11 is 5.30. The van der Waals surface area contributed by atoms with E-state index in [0.717, 1.165) is 6.07 Å². The zero-order valence-electron chi connectivity index (χ0n) is 17.0. The Hall–Kier alpha value is -3.99. The summed E-state index contributed by atoms with van der Waals surface area (Å²) < 4.78 is 0. The molecule has 4 rings (SSSR count). The SMILES string of the molecule is CCN1C(=O)C(=C2c3ccccc3-c3c2cc([N+](=O)[O-])cc3[N+](=O)[O-])C(=O)N(CC)C1=S. The Morgan fingerprint density at radius 3 is 1.91 bits per heavy atom. The van der Waals surface area contributed by atoms with Crippen molar-refractivity contribution in [1.29, 1.82) is 0 Å². The van der Waals surface area contributed by atoms with Gasteiger partial charge in [0.25, 0.3) is 23.2 Å². The van der Waals surface area contributed by atoms with Crippen molar-refractivity contribution in [3.8, 4) is 11.1 Å². The summed E-state index contributed by atoms with van der Waals surface area (Å²) in [4.78, 5) is 51.1. The highest BCUT2D eigenvalue weighted by Gasteiger charge is 2.44. The molecule has 0 unspecified atom stereocenters. The van der Waals surface area contributed by atoms with Gasteiger partial charge in [-0.25, -0.2) is 0 Å². The van der Waals surface area contributed by atoms with Gasteiger partial charge in [0.15, 0.2) is 5.11 Å². The molecule has 0 spiro atoms. The van der Waals surface area contributed by atoms with Gasteiger partial charge in [-0.3, -0.25) is 39.6 Å². The topological polar surface area (TPSA) is 127 Å². The smallest absolute Gasteiger partial charge is 0.284 e. The third kappa shape index (κ3) is 2.89. The summed E-state index contributed by atoms with van der Waals surface area (Å²) in [5.74, 6) is -1.28. The number of hydrogen-bond donors (Lipinski definition) is 0. The first kappa shape index (κ1) is 21.2. The van der Waals surface area contributed by atoms with E-state index < -0.39 is 33.0 Å². The molecule has 0 bridgehead atoms. The number of nitro groups is 2. The third-order valence-electron chi connectivity index (χ3n) is 5.51. The van der Waals surface area contributed by atoms with Crippen LogP contribution in [-0.4, -0.2) is 49.7 Å². The molecule has 2 amide bonds. The van der Waals surface area contributed by atoms with Gasteiger partial charge in [0.1, 0.15) is 5.57 Å². The Balaban J connectivity index is 2.15. The van der Waals surface area contributed by atoms with Crippen LogP contribution in [0.4, 0.5) is 11.4 Å². The Bertz CT molecular complexity index is 1260. The summed E-state index contributed by atoms with van der Waals surface area (Å²) in [6.07, 6.45) is 0. The molecule has 2 aromatic rings. The number of amides is 2. The van der Waals surface area contributed by atoms with Crippen LogP contribution in [0.1, 0.15) is 25.0 Å².